The van der Waals surface area contributed by atoms with Gasteiger partial charge in [-0.1, -0.05) is 6.08 Å². The zero-order valence-electron chi connectivity index (χ0n) is 8.36. The van der Waals surface area contributed by atoms with Gasteiger partial charge in [0.2, 0.25) is 0 Å². The topological polar surface area (TPSA) is 119 Å². The highest BCUT2D eigenvalue weighted by Crippen LogP contribution is 2.36. The summed E-state index contributed by atoms with van der Waals surface area (Å²) in [4.78, 5) is 20.0. The normalized spacial score (nSPS) is 17.1. The van der Waals surface area contributed by atoms with E-state index in [2.05, 4.69) is 5.32 Å². The Labute approximate surface area is 94.5 Å². The molecule has 2 N–H and O–H groups in total. The van der Waals surface area contributed by atoms with Gasteiger partial charge in [-0.25, -0.2) is 0 Å². The Morgan fingerprint density at radius 2 is 1.94 bits per heavy atom. The van der Waals surface area contributed by atoms with Crippen molar-refractivity contribution in [2.75, 3.05) is 5.32 Å². The third kappa shape index (κ3) is 1.93. The zero-order chi connectivity index (χ0) is 12.6. The molecule has 0 bridgehead atoms. The highest BCUT2D eigenvalue weighted by molar-refractivity contribution is 5.80. The van der Waals surface area contributed by atoms with Crippen LogP contribution in [0.5, 0.6) is 0 Å². The maximum absolute atomic E-state index is 10.8. The van der Waals surface area contributed by atoms with Gasteiger partial charge in [0.25, 0.3) is 11.4 Å². The average Bonchev–Trinajstić information content (AvgIpc) is 2.27. The maximum atomic E-state index is 10.8. The summed E-state index contributed by atoms with van der Waals surface area (Å²) in [6.07, 6.45) is 1.70. The quantitative estimate of drug-likeness (QED) is 0.590. The van der Waals surface area contributed by atoms with Crippen molar-refractivity contribution in [3.05, 3.63) is 44.0 Å². The fraction of sp³-hybridized carbons (Fsp3) is 0.111. The molecular weight excluding hydrogens is 230 g/mol. The molecule has 0 aromatic heterocycles. The van der Waals surface area contributed by atoms with Gasteiger partial charge in [0, 0.05) is 11.6 Å². The SMILES string of the molecule is O=[N+]([O-])c1cc2c(c([N+](=O)[O-])c1)NC(O)C=C2. The number of non-ortho nitro benzene ring substituents is 1. The van der Waals surface area contributed by atoms with E-state index in [1.165, 1.54) is 18.2 Å². The minimum Gasteiger partial charge on any atom is -0.370 e. The second kappa shape index (κ2) is 3.83. The van der Waals surface area contributed by atoms with Crippen molar-refractivity contribution in [2.24, 2.45) is 0 Å². The predicted octanol–water partition coefficient (Wildman–Crippen LogP) is 1.26. The number of aliphatic hydroxyl groups excluding tert-OH is 1. The van der Waals surface area contributed by atoms with Crippen LogP contribution in [-0.4, -0.2) is 21.2 Å². The zero-order valence-corrected chi connectivity index (χ0v) is 8.36. The van der Waals surface area contributed by atoms with Crippen LogP contribution in [0.1, 0.15) is 5.56 Å². The van der Waals surface area contributed by atoms with E-state index in [1.54, 1.807) is 0 Å². The third-order valence-corrected chi connectivity index (χ3v) is 2.29. The number of nitro groups is 2. The van der Waals surface area contributed by atoms with Crippen LogP contribution in [0.25, 0.3) is 6.08 Å². The van der Waals surface area contributed by atoms with E-state index in [1.807, 2.05) is 0 Å². The van der Waals surface area contributed by atoms with Crippen LogP contribution in [0, 0.1) is 20.2 Å². The number of nitrogens with zero attached hydrogens (tertiary/aromatic N) is 2. The number of hydrogen-bond acceptors (Lipinski definition) is 6. The molecule has 17 heavy (non-hydrogen) atoms. The predicted molar refractivity (Wildman–Crippen MR) is 58.4 cm³/mol. The van der Waals surface area contributed by atoms with Crippen LogP contribution in [0.4, 0.5) is 17.1 Å². The Morgan fingerprint density at radius 3 is 2.53 bits per heavy atom. The molecule has 0 aliphatic carbocycles. The largest absolute Gasteiger partial charge is 0.370 e. The van der Waals surface area contributed by atoms with Crippen molar-refractivity contribution in [2.45, 2.75) is 6.23 Å². The number of rotatable bonds is 2. The molecule has 0 fully saturated rings. The van der Waals surface area contributed by atoms with Crippen molar-refractivity contribution in [1.82, 2.24) is 0 Å². The summed E-state index contributed by atoms with van der Waals surface area (Å²) >= 11 is 0. The molecular formula is C9H7N3O5. The van der Waals surface area contributed by atoms with Crippen LogP contribution in [0.15, 0.2) is 18.2 Å². The molecule has 1 unspecified atom stereocenters. The smallest absolute Gasteiger partial charge is 0.299 e. The number of nitro benzene ring substituents is 2. The van der Waals surface area contributed by atoms with E-state index in [0.717, 1.165) is 6.07 Å². The second-order valence-electron chi connectivity index (χ2n) is 3.39. The van der Waals surface area contributed by atoms with Crippen molar-refractivity contribution in [3.8, 4) is 0 Å². The molecule has 8 nitrogen and oxygen atoms in total. The molecule has 0 spiro atoms. The number of anilines is 1. The molecule has 8 heteroatoms. The van der Waals surface area contributed by atoms with Gasteiger partial charge in [-0.15, -0.1) is 0 Å². The summed E-state index contributed by atoms with van der Waals surface area (Å²) in [5.41, 5.74) is -0.414. The Morgan fingerprint density at radius 1 is 1.24 bits per heavy atom. The fourth-order valence-corrected chi connectivity index (χ4v) is 1.56. The standard InChI is InChI=1S/C9H7N3O5/c13-8-2-1-5-3-6(11(14)15)4-7(12(16)17)9(5)10-8/h1-4,8,10,13H. The second-order valence-corrected chi connectivity index (χ2v) is 3.39. The first-order valence-corrected chi connectivity index (χ1v) is 4.58. The van der Waals surface area contributed by atoms with Crippen molar-refractivity contribution in [1.29, 1.82) is 0 Å². The van der Waals surface area contributed by atoms with Crippen molar-refractivity contribution >= 4 is 23.1 Å². The first kappa shape index (κ1) is 11.0. The first-order chi connectivity index (χ1) is 7.99. The monoisotopic (exact) mass is 237 g/mol. The summed E-state index contributed by atoms with van der Waals surface area (Å²) in [5, 5.41) is 33.2. The molecule has 0 amide bonds. The summed E-state index contributed by atoms with van der Waals surface area (Å²) in [7, 11) is 0. The molecule has 0 saturated carbocycles. The van der Waals surface area contributed by atoms with E-state index >= 15 is 0 Å². The van der Waals surface area contributed by atoms with Crippen LogP contribution in [-0.2, 0) is 0 Å². The molecule has 1 aliphatic heterocycles. The molecule has 1 aromatic rings. The minimum atomic E-state index is -1.04. The minimum absolute atomic E-state index is 0.0793. The summed E-state index contributed by atoms with van der Waals surface area (Å²) < 4.78 is 0. The van der Waals surface area contributed by atoms with Gasteiger partial charge in [-0.3, -0.25) is 20.2 Å². The number of hydrogen-bond donors (Lipinski definition) is 2. The molecule has 1 atom stereocenters. The van der Waals surface area contributed by atoms with Gasteiger partial charge in [0.05, 0.1) is 15.9 Å². The Hall–Kier alpha value is -2.48. The van der Waals surface area contributed by atoms with Crippen molar-refractivity contribution < 1.29 is 15.0 Å². The molecule has 88 valence electrons. The van der Waals surface area contributed by atoms with Crippen LogP contribution in [0.2, 0.25) is 0 Å². The van der Waals surface area contributed by atoms with E-state index in [9.17, 15) is 25.3 Å². The molecule has 1 aromatic carbocycles. The lowest BCUT2D eigenvalue weighted by Gasteiger charge is -2.17. The van der Waals surface area contributed by atoms with E-state index in [0.29, 0.717) is 5.56 Å². The van der Waals surface area contributed by atoms with E-state index in [-0.39, 0.29) is 11.4 Å². The lowest BCUT2D eigenvalue weighted by molar-refractivity contribution is -0.393. The van der Waals surface area contributed by atoms with Gasteiger partial charge in [-0.2, -0.15) is 0 Å². The average molecular weight is 237 g/mol. The van der Waals surface area contributed by atoms with Gasteiger partial charge in [0.1, 0.15) is 11.9 Å². The third-order valence-electron chi connectivity index (χ3n) is 2.29. The van der Waals surface area contributed by atoms with Gasteiger partial charge in [0.15, 0.2) is 0 Å². The Kier molecular flexibility index (Phi) is 2.48. The number of fused-ring (bicyclic) bond motifs is 1. The van der Waals surface area contributed by atoms with Crippen LogP contribution in [0.3, 0.4) is 0 Å². The van der Waals surface area contributed by atoms with Crippen molar-refractivity contribution in [3.63, 3.8) is 0 Å². The Bertz CT molecular complexity index is 540. The molecule has 0 radical (unpaired) electrons. The van der Waals surface area contributed by atoms with E-state index < -0.39 is 21.8 Å². The highest BCUT2D eigenvalue weighted by atomic mass is 16.6. The molecule has 1 aliphatic rings. The van der Waals surface area contributed by atoms with Gasteiger partial charge in [-0.05, 0) is 6.08 Å². The number of aliphatic hydroxyl groups is 1. The Balaban J connectivity index is 2.65. The molecule has 2 rings (SSSR count). The van der Waals surface area contributed by atoms with Gasteiger partial charge < -0.3 is 10.4 Å². The molecule has 0 saturated heterocycles. The van der Waals surface area contributed by atoms with Gasteiger partial charge >= 0.3 is 0 Å². The lowest BCUT2D eigenvalue weighted by Crippen LogP contribution is -2.20. The highest BCUT2D eigenvalue weighted by Gasteiger charge is 2.25. The summed E-state index contributed by atoms with van der Waals surface area (Å²) in [6.45, 7) is 0. The lowest BCUT2D eigenvalue weighted by atomic mass is 10.1. The maximum Gasteiger partial charge on any atom is 0.299 e. The molecule has 1 heterocycles. The summed E-state index contributed by atoms with van der Waals surface area (Å²) in [5.74, 6) is 0. The number of benzene rings is 1. The summed E-state index contributed by atoms with van der Waals surface area (Å²) in [6, 6.07) is 2.06. The van der Waals surface area contributed by atoms with Crippen LogP contribution < -0.4 is 5.32 Å². The first-order valence-electron chi connectivity index (χ1n) is 4.58. The van der Waals surface area contributed by atoms with E-state index in [4.69, 9.17) is 0 Å². The number of nitrogens with one attached hydrogen (secondary N) is 1. The van der Waals surface area contributed by atoms with Crippen LogP contribution >= 0.6 is 0 Å². The fourth-order valence-electron chi connectivity index (χ4n) is 1.56.